The Bertz CT molecular complexity index is 654. The van der Waals surface area contributed by atoms with Crippen molar-refractivity contribution in [2.24, 2.45) is 0 Å². The van der Waals surface area contributed by atoms with Gasteiger partial charge in [0.25, 0.3) is 5.91 Å². The van der Waals surface area contributed by atoms with Crippen LogP contribution in [0.3, 0.4) is 0 Å². The van der Waals surface area contributed by atoms with E-state index in [1.807, 2.05) is 30.3 Å². The molecule has 4 nitrogen and oxygen atoms in total. The minimum atomic E-state index is -0.0698. The summed E-state index contributed by atoms with van der Waals surface area (Å²) in [5, 5.41) is 8.41. The van der Waals surface area contributed by atoms with Crippen LogP contribution in [-0.2, 0) is 4.79 Å². The van der Waals surface area contributed by atoms with Gasteiger partial charge in [0.2, 0.25) is 0 Å². The molecule has 1 fully saturated rings. The fourth-order valence-electron chi connectivity index (χ4n) is 2.48. The van der Waals surface area contributed by atoms with E-state index in [4.69, 9.17) is 4.74 Å². The van der Waals surface area contributed by atoms with Crippen molar-refractivity contribution in [1.29, 1.82) is 0 Å². The van der Waals surface area contributed by atoms with Crippen molar-refractivity contribution in [1.82, 2.24) is 10.6 Å². The number of fused-ring (bicyclic) bond motifs is 1. The summed E-state index contributed by atoms with van der Waals surface area (Å²) in [7, 11) is 0. The van der Waals surface area contributed by atoms with Crippen molar-refractivity contribution < 1.29 is 9.53 Å². The van der Waals surface area contributed by atoms with Crippen LogP contribution in [0.25, 0.3) is 10.8 Å². The highest BCUT2D eigenvalue weighted by molar-refractivity contribution is 9.10. The van der Waals surface area contributed by atoms with Crippen LogP contribution in [0.15, 0.2) is 40.9 Å². The van der Waals surface area contributed by atoms with Gasteiger partial charge in [-0.3, -0.25) is 4.79 Å². The summed E-state index contributed by atoms with van der Waals surface area (Å²) in [6.45, 7) is 1.86. The Labute approximate surface area is 132 Å². The standard InChI is InChI=1S/C16H17BrN2O2/c17-13-3-1-12-8-15(4-2-11(12)7-13)21-10-16(20)19-14-5-6-18-9-14/h1-4,7-8,14,18H,5-6,9-10H2,(H,19,20). The van der Waals surface area contributed by atoms with Crippen LogP contribution in [-0.4, -0.2) is 31.6 Å². The maximum atomic E-state index is 11.8. The average Bonchev–Trinajstić information content (AvgIpc) is 2.98. The molecule has 2 aromatic rings. The molecule has 21 heavy (non-hydrogen) atoms. The summed E-state index contributed by atoms with van der Waals surface area (Å²) < 4.78 is 6.62. The predicted octanol–water partition coefficient (Wildman–Crippen LogP) is 2.46. The first-order valence-electron chi connectivity index (χ1n) is 7.03. The maximum absolute atomic E-state index is 11.8. The molecule has 0 saturated carbocycles. The Morgan fingerprint density at radius 3 is 2.90 bits per heavy atom. The molecule has 1 saturated heterocycles. The topological polar surface area (TPSA) is 50.4 Å². The number of benzene rings is 2. The van der Waals surface area contributed by atoms with Gasteiger partial charge in [0, 0.05) is 17.1 Å². The summed E-state index contributed by atoms with van der Waals surface area (Å²) in [6, 6.07) is 12.1. The van der Waals surface area contributed by atoms with Crippen LogP contribution in [0.1, 0.15) is 6.42 Å². The second kappa shape index (κ2) is 6.45. The van der Waals surface area contributed by atoms with E-state index in [-0.39, 0.29) is 18.6 Å². The number of rotatable bonds is 4. The van der Waals surface area contributed by atoms with Gasteiger partial charge < -0.3 is 15.4 Å². The summed E-state index contributed by atoms with van der Waals surface area (Å²) >= 11 is 3.45. The minimum Gasteiger partial charge on any atom is -0.484 e. The van der Waals surface area contributed by atoms with Gasteiger partial charge in [0.05, 0.1) is 0 Å². The third-order valence-electron chi connectivity index (χ3n) is 3.57. The van der Waals surface area contributed by atoms with Crippen LogP contribution >= 0.6 is 15.9 Å². The first-order chi connectivity index (χ1) is 10.2. The Morgan fingerprint density at radius 2 is 2.10 bits per heavy atom. The largest absolute Gasteiger partial charge is 0.484 e. The summed E-state index contributed by atoms with van der Waals surface area (Å²) in [5.74, 6) is 0.643. The average molecular weight is 349 g/mol. The lowest BCUT2D eigenvalue weighted by molar-refractivity contribution is -0.123. The van der Waals surface area contributed by atoms with Crippen LogP contribution in [0.4, 0.5) is 0 Å². The fraction of sp³-hybridized carbons (Fsp3) is 0.312. The molecule has 3 rings (SSSR count). The summed E-state index contributed by atoms with van der Waals surface area (Å²) in [6.07, 6.45) is 0.983. The van der Waals surface area contributed by atoms with Crippen molar-refractivity contribution in [3.05, 3.63) is 40.9 Å². The molecule has 1 amide bonds. The molecule has 2 N–H and O–H groups in total. The van der Waals surface area contributed by atoms with Crippen molar-refractivity contribution in [3.8, 4) is 5.75 Å². The molecule has 1 atom stereocenters. The Hall–Kier alpha value is -1.59. The molecule has 1 unspecified atom stereocenters. The van der Waals surface area contributed by atoms with E-state index in [0.29, 0.717) is 5.75 Å². The molecular formula is C16H17BrN2O2. The number of nitrogens with one attached hydrogen (secondary N) is 2. The van der Waals surface area contributed by atoms with Gasteiger partial charge in [-0.15, -0.1) is 0 Å². The normalized spacial score (nSPS) is 17.9. The SMILES string of the molecule is O=C(COc1ccc2cc(Br)ccc2c1)NC1CCNC1. The second-order valence-electron chi connectivity index (χ2n) is 5.20. The Balaban J connectivity index is 1.59. The van der Waals surface area contributed by atoms with E-state index >= 15 is 0 Å². The molecule has 110 valence electrons. The summed E-state index contributed by atoms with van der Waals surface area (Å²) in [4.78, 5) is 11.8. The number of ether oxygens (including phenoxy) is 1. The number of carbonyl (C=O) groups is 1. The number of halogens is 1. The maximum Gasteiger partial charge on any atom is 0.258 e. The molecule has 1 heterocycles. The van der Waals surface area contributed by atoms with E-state index in [0.717, 1.165) is 34.8 Å². The number of amides is 1. The van der Waals surface area contributed by atoms with Gasteiger partial charge in [-0.2, -0.15) is 0 Å². The minimum absolute atomic E-state index is 0.0541. The monoisotopic (exact) mass is 348 g/mol. The summed E-state index contributed by atoms with van der Waals surface area (Å²) in [5.41, 5.74) is 0. The fourth-order valence-corrected chi connectivity index (χ4v) is 2.86. The van der Waals surface area contributed by atoms with E-state index in [1.54, 1.807) is 0 Å². The highest BCUT2D eigenvalue weighted by Crippen LogP contribution is 2.24. The lowest BCUT2D eigenvalue weighted by Crippen LogP contribution is -2.39. The molecule has 0 radical (unpaired) electrons. The third-order valence-corrected chi connectivity index (χ3v) is 4.06. The highest BCUT2D eigenvalue weighted by Gasteiger charge is 2.16. The van der Waals surface area contributed by atoms with Crippen LogP contribution in [0.5, 0.6) is 5.75 Å². The van der Waals surface area contributed by atoms with Gasteiger partial charge in [0.1, 0.15) is 5.75 Å². The number of hydrogen-bond acceptors (Lipinski definition) is 3. The van der Waals surface area contributed by atoms with E-state index in [2.05, 4.69) is 32.6 Å². The highest BCUT2D eigenvalue weighted by atomic mass is 79.9. The molecular weight excluding hydrogens is 332 g/mol. The van der Waals surface area contributed by atoms with Crippen molar-refractivity contribution in [2.45, 2.75) is 12.5 Å². The second-order valence-corrected chi connectivity index (χ2v) is 6.11. The van der Waals surface area contributed by atoms with E-state index in [9.17, 15) is 4.79 Å². The van der Waals surface area contributed by atoms with Gasteiger partial charge in [-0.25, -0.2) is 0 Å². The predicted molar refractivity (Wildman–Crippen MR) is 86.6 cm³/mol. The van der Waals surface area contributed by atoms with E-state index in [1.165, 1.54) is 0 Å². The van der Waals surface area contributed by atoms with Gasteiger partial charge in [-0.1, -0.05) is 28.1 Å². The smallest absolute Gasteiger partial charge is 0.258 e. The molecule has 0 aliphatic carbocycles. The third kappa shape index (κ3) is 3.74. The van der Waals surface area contributed by atoms with Crippen LogP contribution in [0, 0.1) is 0 Å². The van der Waals surface area contributed by atoms with Gasteiger partial charge in [0.15, 0.2) is 6.61 Å². The van der Waals surface area contributed by atoms with Crippen molar-refractivity contribution in [2.75, 3.05) is 19.7 Å². The number of carbonyl (C=O) groups excluding carboxylic acids is 1. The molecule has 1 aliphatic rings. The quantitative estimate of drug-likeness (QED) is 0.892. The Kier molecular flexibility index (Phi) is 4.41. The Morgan fingerprint density at radius 1 is 1.29 bits per heavy atom. The molecule has 0 bridgehead atoms. The van der Waals surface area contributed by atoms with Gasteiger partial charge in [-0.05, 0) is 48.0 Å². The number of hydrogen-bond donors (Lipinski definition) is 2. The van der Waals surface area contributed by atoms with Crippen LogP contribution < -0.4 is 15.4 Å². The zero-order valence-corrected chi connectivity index (χ0v) is 13.2. The van der Waals surface area contributed by atoms with E-state index < -0.39 is 0 Å². The first kappa shape index (κ1) is 14.4. The zero-order chi connectivity index (χ0) is 14.7. The lowest BCUT2D eigenvalue weighted by atomic mass is 10.1. The molecule has 1 aliphatic heterocycles. The molecule has 2 aromatic carbocycles. The first-order valence-corrected chi connectivity index (χ1v) is 7.82. The zero-order valence-electron chi connectivity index (χ0n) is 11.6. The van der Waals surface area contributed by atoms with Crippen molar-refractivity contribution in [3.63, 3.8) is 0 Å². The lowest BCUT2D eigenvalue weighted by Gasteiger charge is -2.12. The van der Waals surface area contributed by atoms with Gasteiger partial charge >= 0.3 is 0 Å². The molecule has 0 aromatic heterocycles. The van der Waals surface area contributed by atoms with Crippen LogP contribution in [0.2, 0.25) is 0 Å². The molecule has 0 spiro atoms. The van der Waals surface area contributed by atoms with Crippen molar-refractivity contribution >= 4 is 32.6 Å². The molecule has 5 heteroatoms.